The zero-order valence-corrected chi connectivity index (χ0v) is 30.0. The molecule has 0 fully saturated rings. The molecule has 2 amide bonds. The smallest absolute Gasteiger partial charge is 0.413 e. The van der Waals surface area contributed by atoms with Gasteiger partial charge in [0.1, 0.15) is 17.0 Å². The highest BCUT2D eigenvalue weighted by Crippen LogP contribution is 2.36. The van der Waals surface area contributed by atoms with Crippen molar-refractivity contribution in [2.24, 2.45) is 5.92 Å². The molecule has 3 aromatic rings. The van der Waals surface area contributed by atoms with Gasteiger partial charge in [-0.15, -0.1) is 0 Å². The Hall–Kier alpha value is -4.97. The number of hydrogen-bond donors (Lipinski definition) is 5. The maximum Gasteiger partial charge on any atom is 0.413 e. The third-order valence-corrected chi connectivity index (χ3v) is 6.47. The lowest BCUT2D eigenvalue weighted by atomic mass is 10.1. The Morgan fingerprint density at radius 1 is 0.898 bits per heavy atom. The summed E-state index contributed by atoms with van der Waals surface area (Å²) in [6.45, 7) is 14.7. The zero-order chi connectivity index (χ0) is 36.5. The van der Waals surface area contributed by atoms with E-state index < -0.39 is 29.2 Å². The normalized spacial score (nSPS) is 11.4. The van der Waals surface area contributed by atoms with Gasteiger partial charge in [-0.3, -0.25) is 15.5 Å². The molecule has 12 nitrogen and oxygen atoms in total. The van der Waals surface area contributed by atoms with Gasteiger partial charge in [-0.2, -0.15) is 0 Å². The number of nitrogens with one attached hydrogen (secondary N) is 4. The first-order valence-corrected chi connectivity index (χ1v) is 16.1. The van der Waals surface area contributed by atoms with Gasteiger partial charge in [-0.1, -0.05) is 25.4 Å². The van der Waals surface area contributed by atoms with E-state index in [1.807, 2.05) is 13.8 Å². The van der Waals surface area contributed by atoms with Crippen molar-refractivity contribution in [2.75, 3.05) is 29.6 Å². The van der Waals surface area contributed by atoms with Crippen molar-refractivity contribution in [3.05, 3.63) is 76.3 Å². The second-order valence-electron chi connectivity index (χ2n) is 13.7. The van der Waals surface area contributed by atoms with E-state index in [4.69, 9.17) is 41.7 Å². The van der Waals surface area contributed by atoms with Crippen LogP contribution in [0.3, 0.4) is 0 Å². The number of halogens is 1. The number of amides is 2. The molecule has 0 atom stereocenters. The maximum absolute atomic E-state index is 13.5. The van der Waals surface area contributed by atoms with Crippen LogP contribution < -0.4 is 31.2 Å². The summed E-state index contributed by atoms with van der Waals surface area (Å²) in [6, 6.07) is 14.6. The second-order valence-corrected chi connectivity index (χ2v) is 14.1. The molecule has 13 heteroatoms. The number of amidine groups is 1. The lowest BCUT2D eigenvalue weighted by Crippen LogP contribution is -2.36. The summed E-state index contributed by atoms with van der Waals surface area (Å²) >= 11 is 6.29. The van der Waals surface area contributed by atoms with Gasteiger partial charge < -0.3 is 35.3 Å². The Morgan fingerprint density at radius 3 is 2.16 bits per heavy atom. The van der Waals surface area contributed by atoms with Crippen LogP contribution in [0.25, 0.3) is 0 Å². The van der Waals surface area contributed by atoms with Gasteiger partial charge in [0.25, 0.3) is 5.91 Å². The summed E-state index contributed by atoms with van der Waals surface area (Å²) in [7, 11) is 0. The van der Waals surface area contributed by atoms with E-state index in [9.17, 15) is 14.4 Å². The number of rotatable bonds is 12. The minimum atomic E-state index is -0.741. The summed E-state index contributed by atoms with van der Waals surface area (Å²) < 4.78 is 22.6. The van der Waals surface area contributed by atoms with Crippen LogP contribution in [0.2, 0.25) is 5.02 Å². The van der Waals surface area contributed by atoms with E-state index in [1.54, 1.807) is 90.1 Å². The van der Waals surface area contributed by atoms with Crippen molar-refractivity contribution in [2.45, 2.75) is 73.1 Å². The summed E-state index contributed by atoms with van der Waals surface area (Å²) in [5, 5.41) is 17.0. The van der Waals surface area contributed by atoms with Crippen molar-refractivity contribution in [1.29, 1.82) is 5.41 Å². The highest BCUT2D eigenvalue weighted by Gasteiger charge is 2.21. The second kappa shape index (κ2) is 16.4. The lowest BCUT2D eigenvalue weighted by Gasteiger charge is -2.22. The van der Waals surface area contributed by atoms with Crippen LogP contribution in [0.1, 0.15) is 76.9 Å². The van der Waals surface area contributed by atoms with Crippen LogP contribution in [0.15, 0.2) is 54.6 Å². The number of ether oxygens (including phenoxy) is 4. The zero-order valence-electron chi connectivity index (χ0n) is 29.2. The van der Waals surface area contributed by atoms with Crippen molar-refractivity contribution in [3.63, 3.8) is 0 Å². The number of esters is 1. The third kappa shape index (κ3) is 12.9. The number of alkyl carbamates (subject to hydrolysis) is 1. The van der Waals surface area contributed by atoms with Crippen LogP contribution in [0.5, 0.6) is 11.5 Å². The average Bonchev–Trinajstić information content (AvgIpc) is 2.97. The van der Waals surface area contributed by atoms with Crippen LogP contribution in [-0.4, -0.2) is 48.2 Å². The molecule has 0 aliphatic rings. The molecular formula is C36H46ClN5O7. The standard InChI is InChI=1S/C36H46ClN5O7/c1-21(2)19-46-29-17-25(38)15-23(31(29)47-20-30(43)48-35(3,4)5)18-40-28-14-11-24(37)16-27(28)33(44)41-26-12-9-22(10-13-26)32(39)42-34(45)49-36(6,7)8/h9-17,21,40H,18-20,38H2,1-8H3,(H,41,44)(H2,39,42,45). The van der Waals surface area contributed by atoms with Crippen molar-refractivity contribution in [1.82, 2.24) is 5.32 Å². The molecule has 0 aromatic heterocycles. The average molecular weight is 696 g/mol. The van der Waals surface area contributed by atoms with Crippen molar-refractivity contribution < 1.29 is 33.3 Å². The number of hydrogen-bond acceptors (Lipinski definition) is 10. The SMILES string of the molecule is CC(C)COc1cc(N)cc(CNc2ccc(Cl)cc2C(=O)Nc2ccc(C(=N)NC(=O)OC(C)(C)C)cc2)c1OCC(=O)OC(C)(C)C. The molecule has 0 saturated heterocycles. The van der Waals surface area contributed by atoms with Crippen LogP contribution in [0, 0.1) is 11.3 Å². The third-order valence-electron chi connectivity index (χ3n) is 6.23. The number of carbonyl (C=O) groups excluding carboxylic acids is 3. The number of benzene rings is 3. The Bertz CT molecular complexity index is 1660. The Balaban J connectivity index is 1.80. The first-order valence-electron chi connectivity index (χ1n) is 15.7. The number of anilines is 3. The molecule has 0 radical (unpaired) electrons. The lowest BCUT2D eigenvalue weighted by molar-refractivity contribution is -0.157. The molecular weight excluding hydrogens is 650 g/mol. The number of nitrogens with two attached hydrogens (primary N) is 1. The molecule has 264 valence electrons. The predicted molar refractivity (Wildman–Crippen MR) is 192 cm³/mol. The van der Waals surface area contributed by atoms with E-state index in [0.29, 0.717) is 51.3 Å². The molecule has 0 bridgehead atoms. The molecule has 0 aliphatic carbocycles. The summed E-state index contributed by atoms with van der Waals surface area (Å²) in [4.78, 5) is 38.0. The van der Waals surface area contributed by atoms with Gasteiger partial charge in [0.2, 0.25) is 0 Å². The fourth-order valence-electron chi connectivity index (χ4n) is 4.29. The first kappa shape index (κ1) is 38.5. The fraction of sp³-hybridized carbons (Fsp3) is 0.389. The molecule has 0 heterocycles. The van der Waals surface area contributed by atoms with E-state index in [2.05, 4.69) is 16.0 Å². The number of nitrogen functional groups attached to an aromatic ring is 1. The van der Waals surface area contributed by atoms with Gasteiger partial charge in [0.05, 0.1) is 12.2 Å². The van der Waals surface area contributed by atoms with Gasteiger partial charge in [0.15, 0.2) is 18.1 Å². The topological polar surface area (TPSA) is 174 Å². The summed E-state index contributed by atoms with van der Waals surface area (Å²) in [5.41, 5.74) is 7.43. The molecule has 49 heavy (non-hydrogen) atoms. The molecule has 0 saturated carbocycles. The quantitative estimate of drug-likeness (QED) is 0.0560. The van der Waals surface area contributed by atoms with E-state index in [0.717, 1.165) is 0 Å². The maximum atomic E-state index is 13.5. The van der Waals surface area contributed by atoms with Crippen LogP contribution >= 0.6 is 11.6 Å². The molecule has 3 rings (SSSR count). The van der Waals surface area contributed by atoms with Crippen LogP contribution in [-0.2, 0) is 20.8 Å². The minimum absolute atomic E-state index is 0.149. The van der Waals surface area contributed by atoms with E-state index >= 15 is 0 Å². The molecule has 3 aromatic carbocycles. The number of carbonyl (C=O) groups is 3. The van der Waals surface area contributed by atoms with Crippen LogP contribution in [0.4, 0.5) is 21.9 Å². The van der Waals surface area contributed by atoms with Gasteiger partial charge in [-0.25, -0.2) is 9.59 Å². The van der Waals surface area contributed by atoms with E-state index in [1.165, 1.54) is 6.07 Å². The van der Waals surface area contributed by atoms with Gasteiger partial charge in [0, 0.05) is 45.8 Å². The molecule has 0 aliphatic heterocycles. The summed E-state index contributed by atoms with van der Waals surface area (Å²) in [5.74, 6) is -0.231. The Labute approximate surface area is 292 Å². The van der Waals surface area contributed by atoms with Crippen molar-refractivity contribution >= 4 is 52.5 Å². The Morgan fingerprint density at radius 2 is 1.55 bits per heavy atom. The largest absolute Gasteiger partial charge is 0.489 e. The highest BCUT2D eigenvalue weighted by molar-refractivity contribution is 6.31. The predicted octanol–water partition coefficient (Wildman–Crippen LogP) is 7.39. The molecule has 0 unspecified atom stereocenters. The summed E-state index contributed by atoms with van der Waals surface area (Å²) in [6.07, 6.45) is -0.741. The monoisotopic (exact) mass is 695 g/mol. The minimum Gasteiger partial charge on any atom is -0.489 e. The van der Waals surface area contributed by atoms with Crippen molar-refractivity contribution in [3.8, 4) is 11.5 Å². The van der Waals surface area contributed by atoms with Gasteiger partial charge in [-0.05, 0) is 96.0 Å². The van der Waals surface area contributed by atoms with Gasteiger partial charge >= 0.3 is 12.1 Å². The molecule has 0 spiro atoms. The highest BCUT2D eigenvalue weighted by atomic mass is 35.5. The molecule has 6 N–H and O–H groups in total. The van der Waals surface area contributed by atoms with E-state index in [-0.39, 0.29) is 30.5 Å². The first-order chi connectivity index (χ1) is 22.8. The fourth-order valence-corrected chi connectivity index (χ4v) is 4.46. The Kier molecular flexibility index (Phi) is 12.9.